The molecule has 4 aromatic carbocycles. The molecule has 4 heteroatoms. The van der Waals surface area contributed by atoms with Crippen LogP contribution in [-0.4, -0.2) is 9.55 Å². The quantitative estimate of drug-likeness (QED) is 0.165. The third kappa shape index (κ3) is 5.54. The minimum atomic E-state index is 0.282. The van der Waals surface area contributed by atoms with Crippen LogP contribution in [0.2, 0.25) is 0 Å². The Morgan fingerprint density at radius 3 is 2.16 bits per heavy atom. The van der Waals surface area contributed by atoms with E-state index in [1.807, 2.05) is 0 Å². The Bertz CT molecular complexity index is 2550. The summed E-state index contributed by atoms with van der Waals surface area (Å²) in [6.45, 7) is 15.7. The van der Waals surface area contributed by atoms with E-state index in [4.69, 9.17) is 4.42 Å². The lowest BCUT2D eigenvalue weighted by Crippen LogP contribution is -2.30. The Labute approximate surface area is 301 Å². The number of aromatic nitrogens is 3. The number of furan rings is 1. The van der Waals surface area contributed by atoms with Gasteiger partial charge in [-0.3, -0.25) is 4.98 Å². The molecule has 0 spiro atoms. The number of pyridine rings is 1. The van der Waals surface area contributed by atoms with Gasteiger partial charge in [0.2, 0.25) is 0 Å². The van der Waals surface area contributed by atoms with Crippen molar-refractivity contribution in [2.45, 2.75) is 66.7 Å². The molecule has 0 aliphatic heterocycles. The molecule has 4 nitrogen and oxygen atoms in total. The third-order valence-electron chi connectivity index (χ3n) is 10.5. The molecule has 7 aromatic rings. The summed E-state index contributed by atoms with van der Waals surface area (Å²) in [5.41, 5.74) is 17.6. The van der Waals surface area contributed by atoms with Crippen LogP contribution in [0.15, 0.2) is 114 Å². The van der Waals surface area contributed by atoms with Gasteiger partial charge in [-0.15, -0.1) is 0 Å². The summed E-state index contributed by atoms with van der Waals surface area (Å²) in [5.74, 6) is 1.69. The lowest BCUT2D eigenvalue weighted by molar-refractivity contribution is -0.633. The van der Waals surface area contributed by atoms with Crippen LogP contribution in [0.3, 0.4) is 0 Å². The van der Waals surface area contributed by atoms with Crippen molar-refractivity contribution in [3.63, 3.8) is 0 Å². The highest BCUT2D eigenvalue weighted by Gasteiger charge is 2.34. The van der Waals surface area contributed by atoms with E-state index in [9.17, 15) is 0 Å². The van der Waals surface area contributed by atoms with E-state index in [0.29, 0.717) is 0 Å². The maximum absolute atomic E-state index is 6.73. The number of imidazole rings is 1. The van der Waals surface area contributed by atoms with Crippen molar-refractivity contribution in [3.05, 3.63) is 148 Å². The number of allylic oxidation sites excluding steroid dienone is 6. The second-order valence-corrected chi connectivity index (χ2v) is 14.8. The fourth-order valence-corrected chi connectivity index (χ4v) is 8.02. The van der Waals surface area contributed by atoms with Crippen LogP contribution in [0.5, 0.6) is 0 Å². The number of hydrogen-bond acceptors (Lipinski definition) is 2. The number of benzene rings is 4. The molecule has 0 unspecified atom stereocenters. The van der Waals surface area contributed by atoms with Gasteiger partial charge in [0.15, 0.2) is 16.6 Å². The first-order valence-corrected chi connectivity index (χ1v) is 18.2. The molecule has 1 aliphatic rings. The number of hydrogen-bond donors (Lipinski definition) is 0. The van der Waals surface area contributed by atoms with Crippen molar-refractivity contribution in [1.82, 2.24) is 9.55 Å². The number of rotatable bonds is 6. The summed E-state index contributed by atoms with van der Waals surface area (Å²) in [7, 11) is 2.20. The third-order valence-corrected chi connectivity index (χ3v) is 10.5. The fourth-order valence-electron chi connectivity index (χ4n) is 8.02. The van der Waals surface area contributed by atoms with Gasteiger partial charge in [0.25, 0.3) is 5.82 Å². The van der Waals surface area contributed by atoms with Gasteiger partial charge in [-0.1, -0.05) is 94.5 Å². The average Bonchev–Trinajstić information content (AvgIpc) is 3.49. The molecule has 0 saturated carbocycles. The predicted octanol–water partition coefficient (Wildman–Crippen LogP) is 12.0. The largest absolute Gasteiger partial charge is 0.455 e. The van der Waals surface area contributed by atoms with E-state index >= 15 is 0 Å². The van der Waals surface area contributed by atoms with Crippen LogP contribution >= 0.6 is 0 Å². The summed E-state index contributed by atoms with van der Waals surface area (Å²) >= 11 is 0. The summed E-state index contributed by atoms with van der Waals surface area (Å²) in [6.07, 6.45) is 10.1. The van der Waals surface area contributed by atoms with Crippen molar-refractivity contribution in [1.29, 1.82) is 0 Å². The second kappa shape index (κ2) is 12.7. The minimum absolute atomic E-state index is 0.282. The lowest BCUT2D eigenvalue weighted by atomic mass is 9.87. The summed E-state index contributed by atoms with van der Waals surface area (Å²) in [4.78, 5) is 4.61. The van der Waals surface area contributed by atoms with Crippen molar-refractivity contribution in [2.75, 3.05) is 0 Å². The topological polar surface area (TPSA) is 34.8 Å². The highest BCUT2D eigenvalue weighted by atomic mass is 16.3. The van der Waals surface area contributed by atoms with Crippen molar-refractivity contribution in [2.24, 2.45) is 7.05 Å². The average molecular weight is 669 g/mol. The molecule has 0 radical (unpaired) electrons. The van der Waals surface area contributed by atoms with Crippen molar-refractivity contribution < 1.29 is 8.98 Å². The summed E-state index contributed by atoms with van der Waals surface area (Å²) in [6, 6.07) is 30.9. The van der Waals surface area contributed by atoms with Gasteiger partial charge in [-0.05, 0) is 109 Å². The molecule has 3 aromatic heterocycles. The van der Waals surface area contributed by atoms with E-state index in [0.717, 1.165) is 51.1 Å². The zero-order valence-corrected chi connectivity index (χ0v) is 31.0. The minimum Gasteiger partial charge on any atom is -0.455 e. The van der Waals surface area contributed by atoms with Crippen LogP contribution in [-0.2, 0) is 7.05 Å². The molecule has 0 amide bonds. The van der Waals surface area contributed by atoms with Crippen LogP contribution in [0.1, 0.15) is 85.2 Å². The first kappa shape index (κ1) is 32.7. The molecular weight excluding hydrogens is 623 g/mol. The maximum atomic E-state index is 6.73. The van der Waals surface area contributed by atoms with Gasteiger partial charge in [0.05, 0.1) is 7.05 Å². The Kier molecular flexibility index (Phi) is 8.14. The van der Waals surface area contributed by atoms with Gasteiger partial charge in [0, 0.05) is 33.3 Å². The number of aryl methyl sites for hydroxylation is 4. The fraction of sp³-hybridized carbons (Fsp3) is 0.234. The zero-order valence-electron chi connectivity index (χ0n) is 31.0. The molecule has 0 N–H and O–H groups in total. The molecule has 254 valence electrons. The van der Waals surface area contributed by atoms with Crippen LogP contribution in [0.4, 0.5) is 0 Å². The highest BCUT2D eigenvalue weighted by Crippen LogP contribution is 2.43. The van der Waals surface area contributed by atoms with Crippen LogP contribution < -0.4 is 4.57 Å². The van der Waals surface area contributed by atoms with Gasteiger partial charge in [-0.25, -0.2) is 4.57 Å². The summed E-state index contributed by atoms with van der Waals surface area (Å²) < 4.78 is 11.6. The number of nitrogens with zero attached hydrogens (tertiary/aromatic N) is 3. The Balaban J connectivity index is 1.40. The molecule has 3 heterocycles. The second-order valence-electron chi connectivity index (χ2n) is 14.8. The highest BCUT2D eigenvalue weighted by molar-refractivity contribution is 6.10. The van der Waals surface area contributed by atoms with E-state index in [-0.39, 0.29) is 11.8 Å². The molecule has 51 heavy (non-hydrogen) atoms. The number of para-hydroxylation sites is 3. The summed E-state index contributed by atoms with van der Waals surface area (Å²) in [5, 5.41) is 2.29. The zero-order chi connectivity index (χ0) is 35.6. The first-order valence-electron chi connectivity index (χ1n) is 18.2. The molecular formula is C47H46N3O+. The molecule has 0 bridgehead atoms. The van der Waals surface area contributed by atoms with Gasteiger partial charge >= 0.3 is 0 Å². The maximum Gasteiger partial charge on any atom is 0.299 e. The molecule has 0 saturated heterocycles. The molecule has 0 fully saturated rings. The van der Waals surface area contributed by atoms with E-state index in [1.165, 1.54) is 55.7 Å². The van der Waals surface area contributed by atoms with Crippen LogP contribution in [0, 0.1) is 20.8 Å². The Morgan fingerprint density at radius 1 is 0.745 bits per heavy atom. The first-order chi connectivity index (χ1) is 24.6. The van der Waals surface area contributed by atoms with E-state index in [1.54, 1.807) is 0 Å². The van der Waals surface area contributed by atoms with Crippen molar-refractivity contribution >= 4 is 44.1 Å². The van der Waals surface area contributed by atoms with E-state index in [2.05, 4.69) is 179 Å². The Hall–Kier alpha value is -5.48. The normalized spacial score (nSPS) is 13.5. The van der Waals surface area contributed by atoms with Gasteiger partial charge in [0.1, 0.15) is 16.8 Å². The molecule has 0 atom stereocenters. The predicted molar refractivity (Wildman–Crippen MR) is 214 cm³/mol. The molecule has 8 rings (SSSR count). The molecule has 1 aliphatic carbocycles. The smallest absolute Gasteiger partial charge is 0.299 e. The standard InChI is InChI=1S/C47H46N3O/c1-28(2)39-26-36(34-15-13-14-33(21-22-34)35-24-31(6)48-32(7)25-35)27-40(29(3)4)45(39)50-42-18-11-10-17-41(42)49(8)47(50)44-30(5)20-23-38-37-16-9-12-19-43(37)51-46(38)44/h9-13,15-29H,14H2,1-8H3/q+1. The number of fused-ring (bicyclic) bond motifs is 4. The van der Waals surface area contributed by atoms with Gasteiger partial charge in [-0.2, -0.15) is 4.57 Å². The Morgan fingerprint density at radius 2 is 1.43 bits per heavy atom. The van der Waals surface area contributed by atoms with Gasteiger partial charge < -0.3 is 4.42 Å². The van der Waals surface area contributed by atoms with E-state index < -0.39 is 0 Å². The lowest BCUT2D eigenvalue weighted by Gasteiger charge is -2.21. The monoisotopic (exact) mass is 668 g/mol. The SMILES string of the molecule is Cc1cc(C2=CC=C(c3cc(C(C)C)c(-n4c(-c5c(C)ccc6c5oc5ccccc56)[n+](C)c5ccccc54)c(C(C)C)c3)C=CC2)cc(C)n1. The van der Waals surface area contributed by atoms with Crippen LogP contribution in [0.25, 0.3) is 61.2 Å². The van der Waals surface area contributed by atoms with Crippen molar-refractivity contribution in [3.8, 4) is 17.1 Å².